The lowest BCUT2D eigenvalue weighted by molar-refractivity contribution is -0.330. The van der Waals surface area contributed by atoms with Crippen molar-refractivity contribution in [2.45, 2.75) is 57.2 Å². The number of hydrogen-bond donors (Lipinski definition) is 0. The molecule has 0 unspecified atom stereocenters. The first-order valence-corrected chi connectivity index (χ1v) is 7.71. The van der Waals surface area contributed by atoms with Crippen LogP contribution in [0.4, 0.5) is 13.2 Å². The third kappa shape index (κ3) is 4.47. The predicted octanol–water partition coefficient (Wildman–Crippen LogP) is 5.45. The molecule has 0 saturated heterocycles. The quantitative estimate of drug-likeness (QED) is 0.702. The summed E-state index contributed by atoms with van der Waals surface area (Å²) in [5, 5.41) is 0. The van der Waals surface area contributed by atoms with Crippen molar-refractivity contribution >= 4 is 0 Å². The molecule has 0 atom stereocenters. The lowest BCUT2D eigenvalue weighted by Crippen LogP contribution is -2.38. The highest BCUT2D eigenvalue weighted by Gasteiger charge is 2.41. The Balaban J connectivity index is 2.13. The highest BCUT2D eigenvalue weighted by atomic mass is 19.4. The Morgan fingerprint density at radius 1 is 1.14 bits per heavy atom. The predicted molar refractivity (Wildman–Crippen MR) is 77.0 cm³/mol. The summed E-state index contributed by atoms with van der Waals surface area (Å²) in [5.74, 6) is 0.651. The Kier molecular flexibility index (Phi) is 5.31. The number of rotatable bonds is 5. The van der Waals surface area contributed by atoms with E-state index in [9.17, 15) is 13.2 Å². The molecule has 0 N–H and O–H groups in total. The van der Waals surface area contributed by atoms with Gasteiger partial charge in [-0.25, -0.2) is 0 Å². The molecule has 2 rings (SSSR count). The van der Waals surface area contributed by atoms with E-state index in [1.165, 1.54) is 6.42 Å². The summed E-state index contributed by atoms with van der Waals surface area (Å²) in [6, 6.07) is 9.54. The standard InChI is InChI=1S/C17H23F3O/c1-2-6-14-9-11-16(12-10-14,13-21-17(18,19)20)15-7-4-3-5-8-15/h3-5,7-8,14H,2,6,9-13H2,1H3. The molecule has 0 bridgehead atoms. The number of alkyl halides is 3. The molecule has 4 heteroatoms. The minimum absolute atomic E-state index is 0.265. The van der Waals surface area contributed by atoms with Gasteiger partial charge < -0.3 is 0 Å². The highest BCUT2D eigenvalue weighted by Crippen LogP contribution is 2.43. The van der Waals surface area contributed by atoms with Crippen LogP contribution in [0, 0.1) is 5.92 Å². The van der Waals surface area contributed by atoms with Crippen LogP contribution >= 0.6 is 0 Å². The summed E-state index contributed by atoms with van der Waals surface area (Å²) >= 11 is 0. The van der Waals surface area contributed by atoms with Crippen LogP contribution in [-0.4, -0.2) is 13.0 Å². The second-order valence-corrected chi connectivity index (χ2v) is 6.11. The van der Waals surface area contributed by atoms with E-state index in [1.807, 2.05) is 30.3 Å². The second-order valence-electron chi connectivity index (χ2n) is 6.11. The van der Waals surface area contributed by atoms with Crippen molar-refractivity contribution in [1.29, 1.82) is 0 Å². The van der Waals surface area contributed by atoms with Gasteiger partial charge in [-0.2, -0.15) is 0 Å². The van der Waals surface area contributed by atoms with Gasteiger partial charge in [0.25, 0.3) is 0 Å². The molecule has 0 radical (unpaired) electrons. The fourth-order valence-electron chi connectivity index (χ4n) is 3.46. The van der Waals surface area contributed by atoms with E-state index in [0.717, 1.165) is 37.7 Å². The van der Waals surface area contributed by atoms with Crippen LogP contribution in [0.3, 0.4) is 0 Å². The zero-order valence-electron chi connectivity index (χ0n) is 12.5. The van der Waals surface area contributed by atoms with Crippen LogP contribution in [0.15, 0.2) is 30.3 Å². The number of halogens is 3. The Hall–Kier alpha value is -1.03. The first-order chi connectivity index (χ1) is 9.95. The van der Waals surface area contributed by atoms with Crippen LogP contribution in [0.5, 0.6) is 0 Å². The van der Waals surface area contributed by atoms with Crippen molar-refractivity contribution < 1.29 is 17.9 Å². The second kappa shape index (κ2) is 6.82. The van der Waals surface area contributed by atoms with E-state index in [1.54, 1.807) is 0 Å². The fourth-order valence-corrected chi connectivity index (χ4v) is 3.46. The van der Waals surface area contributed by atoms with Crippen LogP contribution in [0.25, 0.3) is 0 Å². The van der Waals surface area contributed by atoms with Gasteiger partial charge in [0.2, 0.25) is 0 Å². The maximum Gasteiger partial charge on any atom is 0.522 e. The molecular weight excluding hydrogens is 277 g/mol. The number of hydrogen-bond acceptors (Lipinski definition) is 1. The SMILES string of the molecule is CCCC1CCC(COC(F)(F)F)(c2ccccc2)CC1. The van der Waals surface area contributed by atoms with Gasteiger partial charge in [0.15, 0.2) is 0 Å². The fraction of sp³-hybridized carbons (Fsp3) is 0.647. The van der Waals surface area contributed by atoms with Gasteiger partial charge in [-0.1, -0.05) is 50.1 Å². The van der Waals surface area contributed by atoms with Gasteiger partial charge in [0.1, 0.15) is 0 Å². The van der Waals surface area contributed by atoms with Gasteiger partial charge in [-0.3, -0.25) is 4.74 Å². The molecule has 0 spiro atoms. The molecule has 1 aliphatic rings. The average molecular weight is 300 g/mol. The summed E-state index contributed by atoms with van der Waals surface area (Å²) in [7, 11) is 0. The molecule has 1 aliphatic carbocycles. The van der Waals surface area contributed by atoms with Crippen molar-refractivity contribution in [3.63, 3.8) is 0 Å². The summed E-state index contributed by atoms with van der Waals surface area (Å²) in [6.45, 7) is 1.89. The molecule has 1 aromatic rings. The van der Waals surface area contributed by atoms with Crippen molar-refractivity contribution in [2.24, 2.45) is 5.92 Å². The van der Waals surface area contributed by atoms with E-state index in [4.69, 9.17) is 0 Å². The largest absolute Gasteiger partial charge is 0.522 e. The van der Waals surface area contributed by atoms with Crippen molar-refractivity contribution in [1.82, 2.24) is 0 Å². The summed E-state index contributed by atoms with van der Waals surface area (Å²) < 4.78 is 41.6. The molecule has 1 saturated carbocycles. The van der Waals surface area contributed by atoms with E-state index in [2.05, 4.69) is 11.7 Å². The molecule has 0 aliphatic heterocycles. The van der Waals surface area contributed by atoms with E-state index in [-0.39, 0.29) is 6.61 Å². The Labute approximate surface area is 124 Å². The first-order valence-electron chi connectivity index (χ1n) is 7.71. The molecular formula is C17H23F3O. The average Bonchev–Trinajstić information content (AvgIpc) is 2.47. The van der Waals surface area contributed by atoms with Crippen LogP contribution in [0.2, 0.25) is 0 Å². The zero-order valence-corrected chi connectivity index (χ0v) is 12.5. The minimum Gasteiger partial charge on any atom is -0.291 e. The lowest BCUT2D eigenvalue weighted by atomic mass is 9.66. The Morgan fingerprint density at radius 2 is 1.76 bits per heavy atom. The molecule has 1 nitrogen and oxygen atoms in total. The molecule has 1 aromatic carbocycles. The van der Waals surface area contributed by atoms with Gasteiger partial charge in [0, 0.05) is 5.41 Å². The van der Waals surface area contributed by atoms with Gasteiger partial charge in [-0.15, -0.1) is 13.2 Å². The van der Waals surface area contributed by atoms with Crippen molar-refractivity contribution in [3.05, 3.63) is 35.9 Å². The maximum atomic E-state index is 12.5. The van der Waals surface area contributed by atoms with Gasteiger partial charge in [-0.05, 0) is 37.2 Å². The molecule has 0 heterocycles. The molecule has 21 heavy (non-hydrogen) atoms. The zero-order chi connectivity index (χ0) is 15.3. The van der Waals surface area contributed by atoms with E-state index in [0.29, 0.717) is 5.92 Å². The summed E-state index contributed by atoms with van der Waals surface area (Å²) in [5.41, 5.74) is 0.491. The Morgan fingerprint density at radius 3 is 2.29 bits per heavy atom. The Bertz CT molecular complexity index is 419. The monoisotopic (exact) mass is 300 g/mol. The van der Waals surface area contributed by atoms with Crippen LogP contribution in [0.1, 0.15) is 51.0 Å². The molecule has 1 fully saturated rings. The number of ether oxygens (including phenoxy) is 1. The van der Waals surface area contributed by atoms with Gasteiger partial charge >= 0.3 is 6.36 Å². The van der Waals surface area contributed by atoms with E-state index < -0.39 is 11.8 Å². The van der Waals surface area contributed by atoms with Crippen molar-refractivity contribution in [3.8, 4) is 0 Å². The van der Waals surface area contributed by atoms with Crippen molar-refractivity contribution in [2.75, 3.05) is 6.61 Å². The summed E-state index contributed by atoms with van der Waals surface area (Å²) in [4.78, 5) is 0. The van der Waals surface area contributed by atoms with Gasteiger partial charge in [0.05, 0.1) is 6.61 Å². The van der Waals surface area contributed by atoms with Crippen LogP contribution < -0.4 is 0 Å². The molecule has 0 aromatic heterocycles. The third-order valence-electron chi connectivity index (χ3n) is 4.66. The highest BCUT2D eigenvalue weighted by molar-refractivity contribution is 5.26. The maximum absolute atomic E-state index is 12.5. The van der Waals surface area contributed by atoms with E-state index >= 15 is 0 Å². The normalized spacial score (nSPS) is 26.8. The topological polar surface area (TPSA) is 9.23 Å². The lowest BCUT2D eigenvalue weighted by Gasteiger charge is -2.40. The third-order valence-corrected chi connectivity index (χ3v) is 4.66. The summed E-state index contributed by atoms with van der Waals surface area (Å²) in [6.07, 6.45) is 1.29. The minimum atomic E-state index is -4.55. The van der Waals surface area contributed by atoms with Crippen LogP contribution in [-0.2, 0) is 10.2 Å². The smallest absolute Gasteiger partial charge is 0.291 e. The molecule has 118 valence electrons. The molecule has 0 amide bonds. The first kappa shape index (κ1) is 16.3. The number of benzene rings is 1.